The van der Waals surface area contributed by atoms with Crippen LogP contribution in [-0.4, -0.2) is 43.6 Å². The molecule has 2 aromatic heterocycles. The van der Waals surface area contributed by atoms with Gasteiger partial charge in [-0.3, -0.25) is 9.48 Å². The maximum atomic E-state index is 14.1. The van der Waals surface area contributed by atoms with Crippen LogP contribution in [0.15, 0.2) is 73.2 Å². The lowest BCUT2D eigenvalue weighted by Crippen LogP contribution is -2.39. The average Bonchev–Trinajstić information content (AvgIpc) is 3.44. The molecule has 1 saturated heterocycles. The van der Waals surface area contributed by atoms with E-state index in [0.717, 1.165) is 42.6 Å². The van der Waals surface area contributed by atoms with Crippen molar-refractivity contribution in [1.82, 2.24) is 24.6 Å². The Morgan fingerprint density at radius 3 is 2.67 bits per heavy atom. The van der Waals surface area contributed by atoms with Crippen molar-refractivity contribution in [2.75, 3.05) is 18.4 Å². The predicted octanol–water partition coefficient (Wildman–Crippen LogP) is 5.76. The van der Waals surface area contributed by atoms with Gasteiger partial charge >= 0.3 is 0 Å². The van der Waals surface area contributed by atoms with Gasteiger partial charge in [-0.1, -0.05) is 18.2 Å². The summed E-state index contributed by atoms with van der Waals surface area (Å²) in [5.74, 6) is -1.24. The molecule has 1 fully saturated rings. The summed E-state index contributed by atoms with van der Waals surface area (Å²) in [6.07, 6.45) is 7.79. The first kappa shape index (κ1) is 26.0. The minimum absolute atomic E-state index is 0.117. The number of halogens is 2. The van der Waals surface area contributed by atoms with Gasteiger partial charge in [0.2, 0.25) is 5.95 Å². The van der Waals surface area contributed by atoms with Gasteiger partial charge in [-0.05, 0) is 55.5 Å². The molecule has 198 valence electrons. The van der Waals surface area contributed by atoms with Crippen molar-refractivity contribution >= 4 is 17.5 Å². The summed E-state index contributed by atoms with van der Waals surface area (Å²) in [7, 11) is 0. The highest BCUT2D eigenvalue weighted by Gasteiger charge is 2.28. The van der Waals surface area contributed by atoms with Gasteiger partial charge < -0.3 is 10.2 Å². The van der Waals surface area contributed by atoms with Crippen LogP contribution in [-0.2, 0) is 0 Å². The first-order valence-corrected chi connectivity index (χ1v) is 12.8. The zero-order chi connectivity index (χ0) is 27.2. The van der Waals surface area contributed by atoms with Crippen LogP contribution in [0.25, 0.3) is 11.3 Å². The van der Waals surface area contributed by atoms with Gasteiger partial charge in [0.15, 0.2) is 0 Å². The molecule has 10 heteroatoms. The van der Waals surface area contributed by atoms with Crippen LogP contribution in [0.5, 0.6) is 0 Å². The molecular formula is C29H27F2N7O. The van der Waals surface area contributed by atoms with Crippen LogP contribution in [0.2, 0.25) is 0 Å². The smallest absolute Gasteiger partial charge is 0.256 e. The number of rotatable bonds is 8. The van der Waals surface area contributed by atoms with Crippen molar-refractivity contribution in [3.63, 3.8) is 0 Å². The molecule has 8 nitrogen and oxygen atoms in total. The van der Waals surface area contributed by atoms with E-state index >= 15 is 0 Å². The third-order valence-electron chi connectivity index (χ3n) is 6.95. The molecule has 0 bridgehead atoms. The average molecular weight is 528 g/mol. The number of benzene rings is 2. The maximum absolute atomic E-state index is 14.1. The number of carbonyl (C=O) groups excluding carboxylic acids is 1. The number of nitrogens with zero attached hydrogens (tertiary/aromatic N) is 6. The Hall–Kier alpha value is -4.65. The number of anilines is 2. The molecular weight excluding hydrogens is 500 g/mol. The lowest BCUT2D eigenvalue weighted by atomic mass is 9.89. The van der Waals surface area contributed by atoms with Gasteiger partial charge in [0.25, 0.3) is 5.91 Å². The molecule has 2 aromatic carbocycles. The molecule has 4 aromatic rings. The van der Waals surface area contributed by atoms with E-state index < -0.39 is 17.5 Å². The summed E-state index contributed by atoms with van der Waals surface area (Å²) < 4.78 is 29.1. The van der Waals surface area contributed by atoms with E-state index in [1.165, 1.54) is 6.07 Å². The molecule has 1 aliphatic rings. The molecule has 0 aliphatic carbocycles. The molecule has 0 saturated carbocycles. The van der Waals surface area contributed by atoms with Crippen LogP contribution in [0.1, 0.15) is 42.1 Å². The molecule has 39 heavy (non-hydrogen) atoms. The number of hydrogen-bond donors (Lipinski definition) is 1. The van der Waals surface area contributed by atoms with Gasteiger partial charge in [-0.15, -0.1) is 0 Å². The first-order valence-electron chi connectivity index (χ1n) is 12.8. The Morgan fingerprint density at radius 2 is 1.92 bits per heavy atom. The van der Waals surface area contributed by atoms with Crippen LogP contribution in [0.3, 0.4) is 0 Å². The van der Waals surface area contributed by atoms with Crippen molar-refractivity contribution in [3.8, 4) is 17.3 Å². The number of likely N-dealkylation sites (tertiary alicyclic amines) is 1. The highest BCUT2D eigenvalue weighted by molar-refractivity contribution is 5.94. The van der Waals surface area contributed by atoms with Crippen molar-refractivity contribution in [2.45, 2.75) is 31.7 Å². The van der Waals surface area contributed by atoms with E-state index in [0.29, 0.717) is 31.2 Å². The van der Waals surface area contributed by atoms with E-state index in [1.807, 2.05) is 47.3 Å². The highest BCUT2D eigenvalue weighted by atomic mass is 19.1. The number of hydrogen-bond acceptors (Lipinski definition) is 6. The molecule has 1 aliphatic heterocycles. The van der Waals surface area contributed by atoms with Gasteiger partial charge in [0.1, 0.15) is 11.6 Å². The Balaban J connectivity index is 1.22. The van der Waals surface area contributed by atoms with E-state index in [9.17, 15) is 18.8 Å². The summed E-state index contributed by atoms with van der Waals surface area (Å²) in [5.41, 5.74) is 2.30. The Labute approximate surface area is 224 Å². The number of piperidine rings is 1. The summed E-state index contributed by atoms with van der Waals surface area (Å²) >= 11 is 0. The van der Waals surface area contributed by atoms with Crippen molar-refractivity contribution in [3.05, 3.63) is 90.4 Å². The molecule has 1 N–H and O–H groups in total. The fourth-order valence-corrected chi connectivity index (χ4v) is 4.88. The zero-order valence-electron chi connectivity index (χ0n) is 21.2. The third-order valence-corrected chi connectivity index (χ3v) is 6.95. The number of nitriles is 1. The maximum Gasteiger partial charge on any atom is 0.256 e. The lowest BCUT2D eigenvalue weighted by Gasteiger charge is -2.33. The normalized spacial score (nSPS) is 14.5. The quantitative estimate of drug-likeness (QED) is 0.313. The van der Waals surface area contributed by atoms with E-state index in [4.69, 9.17) is 0 Å². The highest BCUT2D eigenvalue weighted by Crippen LogP contribution is 2.30. The van der Waals surface area contributed by atoms with Crippen LogP contribution in [0.4, 0.5) is 20.4 Å². The van der Waals surface area contributed by atoms with Gasteiger partial charge in [-0.25, -0.2) is 18.7 Å². The summed E-state index contributed by atoms with van der Waals surface area (Å²) in [5, 5.41) is 17.2. The number of nitrogens with one attached hydrogen (secondary N) is 1. The van der Waals surface area contributed by atoms with Crippen LogP contribution >= 0.6 is 0 Å². The summed E-state index contributed by atoms with van der Waals surface area (Å²) in [6.45, 7) is 0.949. The largest absolute Gasteiger partial charge is 0.339 e. The first-order chi connectivity index (χ1) is 19.0. The van der Waals surface area contributed by atoms with Crippen LogP contribution < -0.4 is 5.32 Å². The number of aromatic nitrogens is 4. The van der Waals surface area contributed by atoms with Gasteiger partial charge in [-0.2, -0.15) is 10.4 Å². The molecule has 0 radical (unpaired) electrons. The monoisotopic (exact) mass is 527 g/mol. The Bertz CT molecular complexity index is 1480. The topological polar surface area (TPSA) is 99.7 Å². The fourth-order valence-electron chi connectivity index (χ4n) is 4.88. The SMILES string of the molecule is N#CCC(CC1CCN(C(=O)c2ccc(F)cc2F)CC1)n1cc(-c2ccnc(Nc3ccccc3)n2)cn1. The standard InChI is InChI=1S/C29H27F2N7O/c30-22-6-7-25(26(31)17-22)28(39)37-14-10-20(11-15-37)16-24(8-12-32)38-19-21(18-34-38)27-9-13-33-29(36-27)35-23-4-2-1-3-5-23/h1-7,9,13,17-20,24H,8,10-11,14-16H2,(H,33,35,36). The van der Waals surface area contributed by atoms with E-state index in [1.54, 1.807) is 17.3 Å². The van der Waals surface area contributed by atoms with E-state index in [2.05, 4.69) is 26.5 Å². The van der Waals surface area contributed by atoms with E-state index in [-0.39, 0.29) is 17.5 Å². The fraction of sp³-hybridized carbons (Fsp3) is 0.276. The number of carbonyl (C=O) groups is 1. The van der Waals surface area contributed by atoms with Crippen molar-refractivity contribution in [1.29, 1.82) is 5.26 Å². The predicted molar refractivity (Wildman–Crippen MR) is 142 cm³/mol. The lowest BCUT2D eigenvalue weighted by molar-refractivity contribution is 0.0674. The molecule has 3 heterocycles. The van der Waals surface area contributed by atoms with Gasteiger partial charge in [0, 0.05) is 42.8 Å². The van der Waals surface area contributed by atoms with Crippen LogP contribution in [0, 0.1) is 28.9 Å². The molecule has 1 unspecified atom stereocenters. The summed E-state index contributed by atoms with van der Waals surface area (Å²) in [6, 6.07) is 16.6. The molecule has 5 rings (SSSR count). The second-order valence-corrected chi connectivity index (χ2v) is 9.58. The van der Waals surface area contributed by atoms with Crippen molar-refractivity contribution < 1.29 is 13.6 Å². The number of para-hydroxylation sites is 1. The molecule has 0 spiro atoms. The second kappa shape index (κ2) is 11.8. The third kappa shape index (κ3) is 6.26. The number of amides is 1. The minimum Gasteiger partial charge on any atom is -0.339 e. The van der Waals surface area contributed by atoms with Gasteiger partial charge in [0.05, 0.1) is 36.0 Å². The zero-order valence-corrected chi connectivity index (χ0v) is 21.2. The Morgan fingerprint density at radius 1 is 1.13 bits per heavy atom. The molecule has 1 atom stereocenters. The second-order valence-electron chi connectivity index (χ2n) is 9.58. The minimum atomic E-state index is -0.850. The Kier molecular flexibility index (Phi) is 7.87. The molecule has 1 amide bonds. The summed E-state index contributed by atoms with van der Waals surface area (Å²) in [4.78, 5) is 23.3. The van der Waals surface area contributed by atoms with Crippen molar-refractivity contribution in [2.24, 2.45) is 5.92 Å².